The van der Waals surface area contributed by atoms with Crippen molar-refractivity contribution < 1.29 is 63.6 Å². The van der Waals surface area contributed by atoms with Crippen LogP contribution in [-0.2, 0) is 28.5 Å². The summed E-state index contributed by atoms with van der Waals surface area (Å²) in [4.78, 5) is 42.5. The third kappa shape index (κ3) is 9.39. The van der Waals surface area contributed by atoms with E-state index < -0.39 is 88.8 Å². The predicted octanol–water partition coefficient (Wildman–Crippen LogP) is 4.84. The summed E-state index contributed by atoms with van der Waals surface area (Å²) in [5.41, 5.74) is -0.615. The lowest BCUT2D eigenvalue weighted by Crippen LogP contribution is -2.46. The number of aromatic hydroxyl groups is 3. The van der Waals surface area contributed by atoms with Crippen molar-refractivity contribution in [2.24, 2.45) is 33.9 Å². The van der Waals surface area contributed by atoms with Crippen LogP contribution in [0.25, 0.3) is 10.8 Å². The molecule has 0 aliphatic carbocycles. The minimum Gasteiger partial charge on any atom is -0.507 e. The van der Waals surface area contributed by atoms with E-state index in [1.807, 2.05) is 4.90 Å². The highest BCUT2D eigenvalue weighted by Gasteiger charge is 2.50. The molecule has 0 saturated carbocycles. The van der Waals surface area contributed by atoms with Crippen molar-refractivity contribution >= 4 is 46.2 Å². The van der Waals surface area contributed by atoms with Gasteiger partial charge in [0.1, 0.15) is 29.2 Å². The molecule has 1 amide bonds. The first kappa shape index (κ1) is 46.6. The van der Waals surface area contributed by atoms with Gasteiger partial charge in [-0.2, -0.15) is 5.10 Å². The van der Waals surface area contributed by atoms with E-state index in [1.54, 1.807) is 46.8 Å². The Balaban J connectivity index is 1.71. The minimum atomic E-state index is -2.07. The molecule has 0 unspecified atom stereocenters. The smallest absolute Gasteiger partial charge is 0.312 e. The number of ketones is 1. The number of hydrogen-bond acceptors (Lipinski definition) is 15. The summed E-state index contributed by atoms with van der Waals surface area (Å²) in [6.45, 7) is 16.3. The van der Waals surface area contributed by atoms with E-state index in [0.29, 0.717) is 32.1 Å². The zero-order chi connectivity index (χ0) is 45.1. The lowest BCUT2D eigenvalue weighted by atomic mass is 9.78. The monoisotopic (exact) mass is 850 g/mol. The zero-order valence-electron chi connectivity index (χ0n) is 36.3. The van der Waals surface area contributed by atoms with Gasteiger partial charge < -0.3 is 59.4 Å². The number of esters is 1. The molecule has 61 heavy (non-hydrogen) atoms. The number of morpholine rings is 1. The quantitative estimate of drug-likeness (QED) is 0.0603. The summed E-state index contributed by atoms with van der Waals surface area (Å²) in [7, 11) is 1.43. The number of carbonyl (C=O) groups is 3. The number of nitrogens with one attached hydrogen (secondary N) is 1. The van der Waals surface area contributed by atoms with Gasteiger partial charge in [-0.05, 0) is 26.8 Å². The van der Waals surface area contributed by atoms with Gasteiger partial charge in [-0.25, -0.2) is 0 Å². The molecule has 17 heteroatoms. The second-order valence-electron chi connectivity index (χ2n) is 16.1. The first-order chi connectivity index (χ1) is 28.7. The molecule has 4 heterocycles. The Labute approximate surface area is 355 Å². The Hall–Kier alpha value is -5.49. The minimum absolute atomic E-state index is 0.0312. The topological polar surface area (TPSA) is 238 Å². The summed E-state index contributed by atoms with van der Waals surface area (Å²) in [5, 5.41) is 68.9. The lowest BCUT2D eigenvalue weighted by molar-refractivity contribution is -0.160. The van der Waals surface area contributed by atoms with Crippen molar-refractivity contribution in [1.82, 2.24) is 4.90 Å². The maximum absolute atomic E-state index is 14.4. The summed E-state index contributed by atoms with van der Waals surface area (Å²) in [6.07, 6.45) is 4.56. The first-order valence-corrected chi connectivity index (χ1v) is 20.2. The molecule has 6 rings (SSSR count). The van der Waals surface area contributed by atoms with Gasteiger partial charge >= 0.3 is 11.8 Å². The van der Waals surface area contributed by atoms with Gasteiger partial charge in [0, 0.05) is 74.2 Å². The number of aliphatic hydroxyl groups is 2. The van der Waals surface area contributed by atoms with E-state index in [9.17, 15) is 39.9 Å². The second kappa shape index (κ2) is 19.1. The summed E-state index contributed by atoms with van der Waals surface area (Å²) < 4.78 is 29.0. The van der Waals surface area contributed by atoms with Crippen LogP contribution in [0.15, 0.2) is 46.3 Å². The molecule has 1 saturated heterocycles. The average Bonchev–Trinajstić information content (AvgIpc) is 3.50. The van der Waals surface area contributed by atoms with Crippen LogP contribution >= 0.6 is 0 Å². The molecular weight excluding hydrogens is 792 g/mol. The Morgan fingerprint density at radius 3 is 2.26 bits per heavy atom. The number of carbonyl (C=O) groups excluding carboxylic acids is 3. The SMILES string of the molecule is CO[C@H]1/C=C/O[C@@]2(C)Oc3c(C)c(O)c4c(O)c(c(/C=N/N=C(\C)N5CCOCC5)c(O)c4c3C2=O)NC(=O)/C(C)=C\C=C\[C@@H](C)[C@H](O)[C@@H](C)[C@@H](O)[C@@H](C)[C@H](OC(C)=O)[C@@H]1C. The number of allylic oxidation sites excluding steroid dienone is 2. The predicted molar refractivity (Wildman–Crippen MR) is 227 cm³/mol. The molecular formula is C44H58N4O13. The van der Waals surface area contributed by atoms with Gasteiger partial charge in [0.05, 0.1) is 66.2 Å². The second-order valence-corrected chi connectivity index (χ2v) is 16.1. The van der Waals surface area contributed by atoms with Gasteiger partial charge in [0.2, 0.25) is 0 Å². The number of aliphatic hydroxyl groups excluding tert-OH is 2. The summed E-state index contributed by atoms with van der Waals surface area (Å²) in [5.74, 6) is -8.14. The first-order valence-electron chi connectivity index (χ1n) is 20.2. The molecule has 4 aliphatic heterocycles. The highest BCUT2D eigenvalue weighted by molar-refractivity contribution is 6.23. The van der Waals surface area contributed by atoms with E-state index in [0.717, 1.165) is 6.21 Å². The maximum Gasteiger partial charge on any atom is 0.312 e. The molecule has 1 fully saturated rings. The number of phenolic OH excluding ortho intramolecular Hbond substituents is 3. The van der Waals surface area contributed by atoms with Crippen LogP contribution in [0.1, 0.15) is 76.9 Å². The van der Waals surface area contributed by atoms with Crippen LogP contribution in [-0.4, -0.2) is 124 Å². The Morgan fingerprint density at radius 1 is 0.951 bits per heavy atom. The third-order valence-electron chi connectivity index (χ3n) is 11.9. The number of rotatable bonds is 4. The fourth-order valence-corrected chi connectivity index (χ4v) is 7.99. The van der Waals surface area contributed by atoms with Gasteiger partial charge in [0.15, 0.2) is 5.75 Å². The van der Waals surface area contributed by atoms with Crippen LogP contribution < -0.4 is 10.1 Å². The van der Waals surface area contributed by atoms with Crippen LogP contribution in [0, 0.1) is 30.6 Å². The van der Waals surface area contributed by atoms with E-state index in [2.05, 4.69) is 15.5 Å². The van der Waals surface area contributed by atoms with Crippen molar-refractivity contribution in [3.05, 3.63) is 52.8 Å². The van der Waals surface area contributed by atoms with Crippen LogP contribution in [0.5, 0.6) is 23.0 Å². The number of amides is 1. The molecule has 0 radical (unpaired) electrons. The Kier molecular flexibility index (Phi) is 14.5. The Morgan fingerprint density at radius 2 is 1.62 bits per heavy atom. The van der Waals surface area contributed by atoms with Crippen LogP contribution in [0.2, 0.25) is 0 Å². The van der Waals surface area contributed by atoms with E-state index >= 15 is 0 Å². The highest BCUT2D eigenvalue weighted by Crippen LogP contribution is 2.55. The Bertz CT molecular complexity index is 2180. The molecule has 2 aromatic rings. The number of ether oxygens (including phenoxy) is 5. The molecule has 5 bridgehead atoms. The van der Waals surface area contributed by atoms with Crippen molar-refractivity contribution in [2.45, 2.75) is 92.5 Å². The van der Waals surface area contributed by atoms with Crippen LogP contribution in [0.4, 0.5) is 5.69 Å². The van der Waals surface area contributed by atoms with E-state index in [4.69, 9.17) is 23.7 Å². The fourth-order valence-electron chi connectivity index (χ4n) is 7.99. The highest BCUT2D eigenvalue weighted by atomic mass is 16.7. The molecule has 6 N–H and O–H groups in total. The van der Waals surface area contributed by atoms with Gasteiger partial charge in [-0.1, -0.05) is 45.9 Å². The number of nitrogens with zero attached hydrogens (tertiary/aromatic N) is 3. The van der Waals surface area contributed by atoms with Crippen molar-refractivity contribution in [2.75, 3.05) is 38.7 Å². The van der Waals surface area contributed by atoms with Crippen molar-refractivity contribution in [3.8, 4) is 23.0 Å². The molecule has 2 aromatic carbocycles. The number of Topliss-reactive ketones (excluding diaryl/α,β-unsaturated/α-hetero) is 1. The molecule has 0 spiro atoms. The number of methoxy groups -OCH3 is 1. The maximum atomic E-state index is 14.4. The van der Waals surface area contributed by atoms with Gasteiger partial charge in [-0.3, -0.25) is 14.4 Å². The average molecular weight is 851 g/mol. The summed E-state index contributed by atoms with van der Waals surface area (Å²) >= 11 is 0. The molecule has 9 atom stereocenters. The van der Waals surface area contributed by atoms with Crippen molar-refractivity contribution in [3.63, 3.8) is 0 Å². The van der Waals surface area contributed by atoms with Crippen LogP contribution in [0.3, 0.4) is 0 Å². The number of anilines is 1. The number of phenols is 3. The number of hydrogen-bond donors (Lipinski definition) is 6. The largest absolute Gasteiger partial charge is 0.507 e. The van der Waals surface area contributed by atoms with E-state index in [1.165, 1.54) is 53.2 Å². The normalized spacial score (nSPS) is 31.4. The lowest BCUT2D eigenvalue weighted by Gasteiger charge is -2.38. The zero-order valence-corrected chi connectivity index (χ0v) is 36.3. The van der Waals surface area contributed by atoms with Crippen molar-refractivity contribution in [1.29, 1.82) is 0 Å². The summed E-state index contributed by atoms with van der Waals surface area (Å²) in [6, 6.07) is 0. The number of amidine groups is 1. The van der Waals surface area contributed by atoms with Gasteiger partial charge in [0.25, 0.3) is 11.7 Å². The third-order valence-corrected chi connectivity index (χ3v) is 11.9. The number of fused-ring (bicyclic) bond motifs is 14. The standard InChI is InChI=1S/C44H58N4O13/c1-21-12-11-13-22(2)43(56)46-34-29(20-45-47-27(7)48-15-18-58-19-16-48)38(53)31-32(39(34)54)37(52)26(6)41-33(31)42(55)44(9,61-41)59-17-14-30(57-10)23(3)40(60-28(8)49)25(5)36(51)24(4)35(21)50/h11-14,17,20-21,23-25,30,35-36,40,50-54H,15-16,18-19H2,1-10H3,(H,46,56)/b12-11+,17-14+,22-13-,45-20+,47-27+/t21-,23-,24-,25-,30+,35+,36-,40-,44+/m1/s1. The number of benzene rings is 2. The molecule has 4 aliphatic rings. The molecule has 332 valence electrons. The molecule has 17 nitrogen and oxygen atoms in total. The van der Waals surface area contributed by atoms with E-state index in [-0.39, 0.29) is 44.5 Å². The fraction of sp³-hybridized carbons (Fsp3) is 0.523. The van der Waals surface area contributed by atoms with Gasteiger partial charge in [-0.15, -0.1) is 5.10 Å². The molecule has 0 aromatic heterocycles.